The second-order valence-corrected chi connectivity index (χ2v) is 9.38. The molecule has 2 atom stereocenters. The topological polar surface area (TPSA) is 51.1 Å². The molecule has 6 rings (SSSR count). The van der Waals surface area contributed by atoms with Crippen molar-refractivity contribution in [2.24, 2.45) is 0 Å². The number of hydrogen-bond acceptors (Lipinski definition) is 5. The van der Waals surface area contributed by atoms with Crippen LogP contribution in [0.25, 0.3) is 32.9 Å². The minimum Gasteiger partial charge on any atom is -0.461 e. The minimum atomic E-state index is -0.871. The van der Waals surface area contributed by atoms with Gasteiger partial charge >= 0.3 is 6.01 Å². The number of halogens is 4. The average molecular weight is 485 g/mol. The number of ether oxygens (including phenoxy) is 1. The van der Waals surface area contributed by atoms with Crippen LogP contribution in [0.5, 0.6) is 6.01 Å². The van der Waals surface area contributed by atoms with Crippen molar-refractivity contribution >= 4 is 33.3 Å². The van der Waals surface area contributed by atoms with E-state index in [0.29, 0.717) is 34.7 Å². The number of hydrogen-bond donors (Lipinski definition) is 0. The molecule has 0 saturated carbocycles. The Morgan fingerprint density at radius 2 is 1.97 bits per heavy atom. The van der Waals surface area contributed by atoms with E-state index in [0.717, 1.165) is 19.4 Å². The van der Waals surface area contributed by atoms with E-state index in [-0.39, 0.29) is 34.4 Å². The van der Waals surface area contributed by atoms with Gasteiger partial charge in [0.15, 0.2) is 5.82 Å². The van der Waals surface area contributed by atoms with Gasteiger partial charge in [0, 0.05) is 41.7 Å². The molecule has 2 fully saturated rings. The van der Waals surface area contributed by atoms with Crippen LogP contribution in [0.4, 0.5) is 13.2 Å². The first kappa shape index (κ1) is 21.6. The van der Waals surface area contributed by atoms with Crippen LogP contribution < -0.4 is 4.74 Å². The fraction of sp³-hybridized carbons (Fsp3) is 0.320. The van der Waals surface area contributed by atoms with Crippen molar-refractivity contribution in [3.05, 3.63) is 59.4 Å². The zero-order chi connectivity index (χ0) is 23.4. The molecule has 5 nitrogen and oxygen atoms in total. The maximum atomic E-state index is 15.7. The van der Waals surface area contributed by atoms with Crippen LogP contribution in [0.2, 0.25) is 5.02 Å². The lowest BCUT2D eigenvalue weighted by Gasteiger charge is -2.30. The van der Waals surface area contributed by atoms with Crippen molar-refractivity contribution < 1.29 is 17.9 Å². The minimum absolute atomic E-state index is 0.00637. The molecule has 174 valence electrons. The molecule has 0 aliphatic carbocycles. The molecule has 0 unspecified atom stereocenters. The second kappa shape index (κ2) is 8.06. The summed E-state index contributed by atoms with van der Waals surface area (Å²) in [5.74, 6) is -1.27. The van der Waals surface area contributed by atoms with Gasteiger partial charge in [-0.3, -0.25) is 9.88 Å². The fourth-order valence-electron chi connectivity index (χ4n) is 5.36. The first-order valence-electron chi connectivity index (χ1n) is 11.2. The molecule has 4 heterocycles. The summed E-state index contributed by atoms with van der Waals surface area (Å²) in [6, 6.07) is 8.03. The lowest BCUT2D eigenvalue weighted by molar-refractivity contribution is 0.107. The molecule has 0 spiro atoms. The summed E-state index contributed by atoms with van der Waals surface area (Å²) >= 11 is 6.23. The zero-order valence-corrected chi connectivity index (χ0v) is 18.8. The lowest BCUT2D eigenvalue weighted by Crippen LogP contribution is -2.43. The highest BCUT2D eigenvalue weighted by molar-refractivity contribution is 6.36. The molecule has 0 radical (unpaired) electrons. The van der Waals surface area contributed by atoms with E-state index in [1.165, 1.54) is 18.5 Å². The first-order valence-corrected chi connectivity index (χ1v) is 11.5. The van der Waals surface area contributed by atoms with Crippen LogP contribution in [-0.4, -0.2) is 51.3 Å². The van der Waals surface area contributed by atoms with Crippen molar-refractivity contribution in [2.75, 3.05) is 19.7 Å². The van der Waals surface area contributed by atoms with Crippen LogP contribution in [-0.2, 0) is 0 Å². The number of aromatic nitrogens is 3. The standard InChI is InChI=1S/C25H20ClF3N4O/c26-20-18(28)6-5-14-3-1-4-17(19(14)20)23-21(29)22-15(10-30-23)11-31-24(32-22)34-13-25-7-2-8-33(25)12-16(27)9-25/h1,3-6,10-11,16H,2,7-9,12-13H2/t16-,25-/m1/s1. The smallest absolute Gasteiger partial charge is 0.317 e. The third-order valence-corrected chi connectivity index (χ3v) is 7.33. The molecule has 4 aromatic rings. The van der Waals surface area contributed by atoms with Gasteiger partial charge in [-0.1, -0.05) is 35.9 Å². The SMILES string of the molecule is Fc1ccc2cccc(-c3ncc4cnc(OC[C@]56CCCN5C[C@H](F)C6)nc4c3F)c2c1Cl. The summed E-state index contributed by atoms with van der Waals surface area (Å²) < 4.78 is 49.8. The number of pyridine rings is 1. The number of rotatable bonds is 4. The van der Waals surface area contributed by atoms with E-state index in [4.69, 9.17) is 16.3 Å². The van der Waals surface area contributed by atoms with E-state index in [2.05, 4.69) is 19.9 Å². The molecule has 9 heteroatoms. The maximum Gasteiger partial charge on any atom is 0.317 e. The first-order chi connectivity index (χ1) is 16.4. The molecule has 0 amide bonds. The van der Waals surface area contributed by atoms with Gasteiger partial charge in [0.05, 0.1) is 10.6 Å². The highest BCUT2D eigenvalue weighted by Crippen LogP contribution is 2.40. The van der Waals surface area contributed by atoms with Crippen LogP contribution >= 0.6 is 11.6 Å². The molecule has 2 aliphatic heterocycles. The van der Waals surface area contributed by atoms with Gasteiger partial charge in [0.25, 0.3) is 0 Å². The predicted octanol–water partition coefficient (Wildman–Crippen LogP) is 5.73. The Bertz CT molecular complexity index is 1430. The Kier molecular flexibility index (Phi) is 5.11. The highest BCUT2D eigenvalue weighted by atomic mass is 35.5. The van der Waals surface area contributed by atoms with Gasteiger partial charge in [0.1, 0.15) is 29.8 Å². The van der Waals surface area contributed by atoms with Gasteiger partial charge < -0.3 is 4.74 Å². The Hall–Kier alpha value is -2.97. The Morgan fingerprint density at radius 1 is 1.12 bits per heavy atom. The Morgan fingerprint density at radius 3 is 2.85 bits per heavy atom. The molecule has 2 saturated heterocycles. The van der Waals surface area contributed by atoms with E-state index in [9.17, 15) is 8.78 Å². The fourth-order valence-corrected chi connectivity index (χ4v) is 5.63. The van der Waals surface area contributed by atoms with Gasteiger partial charge in [-0.2, -0.15) is 4.98 Å². The van der Waals surface area contributed by atoms with Crippen LogP contribution in [0, 0.1) is 11.6 Å². The normalized spacial score (nSPS) is 22.5. The predicted molar refractivity (Wildman–Crippen MR) is 124 cm³/mol. The number of fused-ring (bicyclic) bond motifs is 3. The monoisotopic (exact) mass is 484 g/mol. The van der Waals surface area contributed by atoms with Crippen LogP contribution in [0.1, 0.15) is 19.3 Å². The summed E-state index contributed by atoms with van der Waals surface area (Å²) in [6.45, 7) is 1.51. The van der Waals surface area contributed by atoms with Gasteiger partial charge in [0.2, 0.25) is 0 Å². The summed E-state index contributed by atoms with van der Waals surface area (Å²) in [4.78, 5) is 14.9. The van der Waals surface area contributed by atoms with Crippen LogP contribution in [0.3, 0.4) is 0 Å². The van der Waals surface area contributed by atoms with Crippen molar-refractivity contribution in [1.29, 1.82) is 0 Å². The van der Waals surface area contributed by atoms with E-state index < -0.39 is 17.8 Å². The molecule has 2 aliphatic rings. The van der Waals surface area contributed by atoms with Gasteiger partial charge in [-0.15, -0.1) is 0 Å². The number of nitrogens with zero attached hydrogens (tertiary/aromatic N) is 4. The van der Waals surface area contributed by atoms with Crippen molar-refractivity contribution in [3.8, 4) is 17.3 Å². The van der Waals surface area contributed by atoms with Crippen molar-refractivity contribution in [1.82, 2.24) is 19.9 Å². The highest BCUT2D eigenvalue weighted by Gasteiger charge is 2.49. The summed E-state index contributed by atoms with van der Waals surface area (Å²) in [6.07, 6.45) is 4.30. The molecule has 2 aromatic heterocycles. The third kappa shape index (κ3) is 3.39. The van der Waals surface area contributed by atoms with E-state index >= 15 is 4.39 Å². The Balaban J connectivity index is 1.38. The molecular weight excluding hydrogens is 465 g/mol. The summed E-state index contributed by atoms with van der Waals surface area (Å²) in [7, 11) is 0. The van der Waals surface area contributed by atoms with E-state index in [1.54, 1.807) is 24.3 Å². The molecule has 0 bridgehead atoms. The van der Waals surface area contributed by atoms with Crippen molar-refractivity contribution in [2.45, 2.75) is 31.0 Å². The van der Waals surface area contributed by atoms with E-state index in [1.807, 2.05) is 0 Å². The van der Waals surface area contributed by atoms with Gasteiger partial charge in [-0.05, 0) is 30.8 Å². The third-order valence-electron chi connectivity index (χ3n) is 6.96. The molecule has 0 N–H and O–H groups in total. The largest absolute Gasteiger partial charge is 0.461 e. The second-order valence-electron chi connectivity index (χ2n) is 9.01. The lowest BCUT2D eigenvalue weighted by atomic mass is 9.95. The number of alkyl halides is 1. The number of benzene rings is 2. The van der Waals surface area contributed by atoms with Gasteiger partial charge in [-0.25, -0.2) is 18.2 Å². The quantitative estimate of drug-likeness (QED) is 0.370. The maximum absolute atomic E-state index is 15.7. The molecular formula is C25H20ClF3N4O. The van der Waals surface area contributed by atoms with Crippen LogP contribution in [0.15, 0.2) is 42.7 Å². The van der Waals surface area contributed by atoms with Crippen molar-refractivity contribution in [3.63, 3.8) is 0 Å². The average Bonchev–Trinajstić information content (AvgIpc) is 3.36. The zero-order valence-electron chi connectivity index (χ0n) is 18.1. The Labute approximate surface area is 198 Å². The summed E-state index contributed by atoms with van der Waals surface area (Å²) in [5.41, 5.74) is 0.0496. The molecule has 2 aromatic carbocycles. The molecule has 34 heavy (non-hydrogen) atoms. The summed E-state index contributed by atoms with van der Waals surface area (Å²) in [5, 5.41) is 1.35.